The van der Waals surface area contributed by atoms with E-state index >= 15 is 0 Å². The van der Waals surface area contributed by atoms with Gasteiger partial charge < -0.3 is 4.74 Å². The van der Waals surface area contributed by atoms with Crippen molar-refractivity contribution in [3.8, 4) is 16.9 Å². The highest BCUT2D eigenvalue weighted by Crippen LogP contribution is 2.30. The van der Waals surface area contributed by atoms with Crippen LogP contribution in [0.1, 0.15) is 18.3 Å². The summed E-state index contributed by atoms with van der Waals surface area (Å²) in [5.41, 5.74) is 5.18. The van der Waals surface area contributed by atoms with E-state index in [1.54, 1.807) is 13.8 Å². The summed E-state index contributed by atoms with van der Waals surface area (Å²) >= 11 is 1.41. The second-order valence-electron chi connectivity index (χ2n) is 7.04. The molecule has 0 aliphatic heterocycles. The Morgan fingerprint density at radius 1 is 1.10 bits per heavy atom. The van der Waals surface area contributed by atoms with Crippen molar-refractivity contribution in [1.82, 2.24) is 9.66 Å². The first kappa shape index (κ1) is 19.8. The normalized spacial score (nSPS) is 12.0. The lowest BCUT2D eigenvalue weighted by atomic mass is 10.1. The number of hydrogen-bond acceptors (Lipinski definition) is 5. The van der Waals surface area contributed by atoms with Crippen LogP contribution >= 0.6 is 11.3 Å². The summed E-state index contributed by atoms with van der Waals surface area (Å²) in [5.74, 6) is 0.563. The average molecular weight is 420 g/mol. The number of carbonyl (C=O) groups excluding carboxylic acids is 1. The molecule has 152 valence electrons. The second kappa shape index (κ2) is 8.12. The Hall–Kier alpha value is -3.45. The first-order valence-electron chi connectivity index (χ1n) is 9.54. The van der Waals surface area contributed by atoms with Gasteiger partial charge in [0.2, 0.25) is 0 Å². The third kappa shape index (κ3) is 3.84. The molecule has 2 heterocycles. The van der Waals surface area contributed by atoms with Crippen molar-refractivity contribution in [2.75, 3.05) is 5.43 Å². The molecule has 0 fully saturated rings. The van der Waals surface area contributed by atoms with E-state index in [9.17, 15) is 9.59 Å². The number of ether oxygens (including phenoxy) is 1. The minimum Gasteiger partial charge on any atom is -0.481 e. The second-order valence-corrected chi connectivity index (χ2v) is 7.90. The fourth-order valence-electron chi connectivity index (χ4n) is 3.13. The van der Waals surface area contributed by atoms with Crippen molar-refractivity contribution < 1.29 is 9.53 Å². The van der Waals surface area contributed by atoms with Gasteiger partial charge in [0.25, 0.3) is 11.5 Å². The molecule has 0 spiro atoms. The summed E-state index contributed by atoms with van der Waals surface area (Å²) in [6.45, 7) is 5.31. The van der Waals surface area contributed by atoms with Crippen LogP contribution in [0.5, 0.6) is 5.75 Å². The Labute approximate surface area is 177 Å². The molecule has 2 aromatic heterocycles. The van der Waals surface area contributed by atoms with Gasteiger partial charge in [0.05, 0.1) is 5.39 Å². The maximum Gasteiger partial charge on any atom is 0.281 e. The Bertz CT molecular complexity index is 1260. The van der Waals surface area contributed by atoms with Crippen LogP contribution in [0.15, 0.2) is 64.8 Å². The SMILES string of the molecule is Cc1ccc(O[C@H](C)C(=O)Nn2c(C)nc3scc(-c4ccccc4)c3c2=O)cc1. The highest BCUT2D eigenvalue weighted by Gasteiger charge is 2.20. The van der Waals surface area contributed by atoms with Crippen molar-refractivity contribution in [3.05, 3.63) is 81.7 Å². The zero-order valence-electron chi connectivity index (χ0n) is 16.9. The van der Waals surface area contributed by atoms with E-state index in [1.807, 2.05) is 66.9 Å². The van der Waals surface area contributed by atoms with Gasteiger partial charge in [-0.25, -0.2) is 9.66 Å². The van der Waals surface area contributed by atoms with Gasteiger partial charge in [-0.3, -0.25) is 15.0 Å². The van der Waals surface area contributed by atoms with Gasteiger partial charge >= 0.3 is 0 Å². The number of aromatic nitrogens is 2. The molecule has 7 heteroatoms. The highest BCUT2D eigenvalue weighted by molar-refractivity contribution is 7.17. The summed E-state index contributed by atoms with van der Waals surface area (Å²) in [4.78, 5) is 31.1. The molecule has 0 radical (unpaired) electrons. The van der Waals surface area contributed by atoms with Gasteiger partial charge in [-0.05, 0) is 38.5 Å². The summed E-state index contributed by atoms with van der Waals surface area (Å²) in [6, 6.07) is 17.1. The van der Waals surface area contributed by atoms with Crippen LogP contribution < -0.4 is 15.7 Å². The number of aryl methyl sites for hydroxylation is 2. The number of amides is 1. The van der Waals surface area contributed by atoms with E-state index in [4.69, 9.17) is 4.74 Å². The Balaban J connectivity index is 1.64. The van der Waals surface area contributed by atoms with Crippen LogP contribution in [-0.4, -0.2) is 21.7 Å². The zero-order chi connectivity index (χ0) is 21.3. The molecule has 1 amide bonds. The van der Waals surface area contributed by atoms with Crippen LogP contribution in [-0.2, 0) is 4.79 Å². The van der Waals surface area contributed by atoms with E-state index in [2.05, 4.69) is 10.4 Å². The number of nitrogens with zero attached hydrogens (tertiary/aromatic N) is 2. The minimum absolute atomic E-state index is 0.312. The quantitative estimate of drug-likeness (QED) is 0.524. The molecule has 30 heavy (non-hydrogen) atoms. The molecule has 0 saturated heterocycles. The van der Waals surface area contributed by atoms with Crippen molar-refractivity contribution in [3.63, 3.8) is 0 Å². The summed E-state index contributed by atoms with van der Waals surface area (Å²) < 4.78 is 6.90. The van der Waals surface area contributed by atoms with Gasteiger partial charge in [-0.1, -0.05) is 48.0 Å². The molecule has 1 atom stereocenters. The molecule has 4 rings (SSSR count). The highest BCUT2D eigenvalue weighted by atomic mass is 32.1. The number of thiophene rings is 1. The predicted molar refractivity (Wildman–Crippen MR) is 120 cm³/mol. The van der Waals surface area contributed by atoms with Crippen LogP contribution in [0, 0.1) is 13.8 Å². The maximum absolute atomic E-state index is 13.2. The van der Waals surface area contributed by atoms with Crippen LogP contribution in [0.25, 0.3) is 21.3 Å². The molecule has 6 nitrogen and oxygen atoms in total. The molecular weight excluding hydrogens is 398 g/mol. The smallest absolute Gasteiger partial charge is 0.281 e. The number of rotatable bonds is 5. The fourth-order valence-corrected chi connectivity index (χ4v) is 4.11. The lowest BCUT2D eigenvalue weighted by molar-refractivity contribution is -0.123. The van der Waals surface area contributed by atoms with Gasteiger partial charge in [-0.15, -0.1) is 11.3 Å². The first-order valence-corrected chi connectivity index (χ1v) is 10.4. The number of fused-ring (bicyclic) bond motifs is 1. The topological polar surface area (TPSA) is 73.2 Å². The molecule has 0 unspecified atom stereocenters. The zero-order valence-corrected chi connectivity index (χ0v) is 17.7. The van der Waals surface area contributed by atoms with Crippen molar-refractivity contribution in [2.45, 2.75) is 26.9 Å². The van der Waals surface area contributed by atoms with Crippen molar-refractivity contribution in [2.24, 2.45) is 0 Å². The molecular formula is C23H21N3O3S. The van der Waals surface area contributed by atoms with E-state index in [0.29, 0.717) is 21.8 Å². The number of carbonyl (C=O) groups is 1. The Kier molecular flexibility index (Phi) is 5.37. The maximum atomic E-state index is 13.2. The monoisotopic (exact) mass is 419 g/mol. The number of benzene rings is 2. The molecule has 0 aliphatic carbocycles. The lowest BCUT2D eigenvalue weighted by Gasteiger charge is -2.17. The van der Waals surface area contributed by atoms with Crippen molar-refractivity contribution >= 4 is 27.5 Å². The average Bonchev–Trinajstić information content (AvgIpc) is 3.17. The van der Waals surface area contributed by atoms with E-state index in [1.165, 1.54) is 16.0 Å². The lowest BCUT2D eigenvalue weighted by Crippen LogP contribution is -2.41. The molecule has 0 saturated carbocycles. The number of hydrogen-bond donors (Lipinski definition) is 1. The Morgan fingerprint density at radius 3 is 2.50 bits per heavy atom. The third-order valence-corrected chi connectivity index (χ3v) is 5.66. The van der Waals surface area contributed by atoms with Crippen LogP contribution in [0.3, 0.4) is 0 Å². The first-order chi connectivity index (χ1) is 14.4. The summed E-state index contributed by atoms with van der Waals surface area (Å²) in [7, 11) is 0. The van der Waals surface area contributed by atoms with E-state index < -0.39 is 12.0 Å². The van der Waals surface area contributed by atoms with Crippen LogP contribution in [0.4, 0.5) is 0 Å². The third-order valence-electron chi connectivity index (χ3n) is 4.79. The van der Waals surface area contributed by atoms with Gasteiger partial charge in [0, 0.05) is 10.9 Å². The minimum atomic E-state index is -0.786. The van der Waals surface area contributed by atoms with E-state index in [0.717, 1.165) is 16.7 Å². The molecule has 4 aromatic rings. The summed E-state index contributed by atoms with van der Waals surface area (Å²) in [5, 5.41) is 2.41. The Morgan fingerprint density at radius 2 is 1.80 bits per heavy atom. The number of nitrogens with one attached hydrogen (secondary N) is 1. The molecule has 0 bridgehead atoms. The summed E-state index contributed by atoms with van der Waals surface area (Å²) in [6.07, 6.45) is -0.786. The van der Waals surface area contributed by atoms with Gasteiger partial charge in [0.1, 0.15) is 16.4 Å². The molecule has 2 aromatic carbocycles. The fraction of sp³-hybridized carbons (Fsp3) is 0.174. The molecule has 1 N–H and O–H groups in total. The molecule has 0 aliphatic rings. The van der Waals surface area contributed by atoms with Gasteiger partial charge in [-0.2, -0.15) is 0 Å². The van der Waals surface area contributed by atoms with Crippen molar-refractivity contribution in [1.29, 1.82) is 0 Å². The largest absolute Gasteiger partial charge is 0.481 e. The standard InChI is InChI=1S/C23H21N3O3S/c1-14-9-11-18(12-10-14)29-15(2)21(27)25-26-16(3)24-22-20(23(26)28)19(13-30-22)17-7-5-4-6-8-17/h4-13,15H,1-3H3,(H,25,27)/t15-/m1/s1. The van der Waals surface area contributed by atoms with Gasteiger partial charge in [0.15, 0.2) is 6.10 Å². The van der Waals surface area contributed by atoms with Crippen LogP contribution in [0.2, 0.25) is 0 Å². The predicted octanol–water partition coefficient (Wildman–Crippen LogP) is 4.28. The van der Waals surface area contributed by atoms with E-state index in [-0.39, 0.29) is 5.56 Å².